The average molecular weight is 388 g/mol. The molecule has 3 rings (SSSR count). The SMILES string of the molecule is Cc1cc2c(=O)[nH]c(SCC(=O)Nc3c(C)cccc3C(C)C)nc2s1. The molecule has 0 saturated heterocycles. The van der Waals surface area contributed by atoms with Crippen molar-refractivity contribution in [1.29, 1.82) is 0 Å². The smallest absolute Gasteiger partial charge is 0.260 e. The van der Waals surface area contributed by atoms with Crippen molar-refractivity contribution in [2.75, 3.05) is 11.1 Å². The van der Waals surface area contributed by atoms with Gasteiger partial charge >= 0.3 is 0 Å². The summed E-state index contributed by atoms with van der Waals surface area (Å²) in [7, 11) is 0. The lowest BCUT2D eigenvalue weighted by atomic mass is 9.98. The summed E-state index contributed by atoms with van der Waals surface area (Å²) in [5.41, 5.74) is 2.86. The highest BCUT2D eigenvalue weighted by molar-refractivity contribution is 7.99. The summed E-state index contributed by atoms with van der Waals surface area (Å²) in [5.74, 6) is 0.390. The summed E-state index contributed by atoms with van der Waals surface area (Å²) in [6, 6.07) is 7.85. The number of para-hydroxylation sites is 1. The van der Waals surface area contributed by atoms with Gasteiger partial charge in [0, 0.05) is 10.6 Å². The molecule has 136 valence electrons. The number of rotatable bonds is 5. The third-order valence-corrected chi connectivity index (χ3v) is 5.85. The molecule has 0 bridgehead atoms. The van der Waals surface area contributed by atoms with Crippen molar-refractivity contribution in [3.05, 3.63) is 50.6 Å². The van der Waals surface area contributed by atoms with Crippen LogP contribution in [0.1, 0.15) is 35.8 Å². The maximum Gasteiger partial charge on any atom is 0.260 e. The molecule has 0 spiro atoms. The van der Waals surface area contributed by atoms with Crippen LogP contribution in [0.3, 0.4) is 0 Å². The van der Waals surface area contributed by atoms with Gasteiger partial charge in [-0.05, 0) is 37.0 Å². The van der Waals surface area contributed by atoms with E-state index >= 15 is 0 Å². The second-order valence-electron chi connectivity index (χ2n) is 6.48. The molecule has 5 nitrogen and oxygen atoms in total. The third-order valence-electron chi connectivity index (χ3n) is 4.04. The van der Waals surface area contributed by atoms with Crippen LogP contribution in [0.2, 0.25) is 0 Å². The Morgan fingerprint density at radius 1 is 1.35 bits per heavy atom. The fourth-order valence-corrected chi connectivity index (χ4v) is 4.35. The molecule has 1 amide bonds. The van der Waals surface area contributed by atoms with Crippen molar-refractivity contribution in [2.45, 2.75) is 38.8 Å². The molecule has 0 aliphatic heterocycles. The molecule has 2 aromatic heterocycles. The van der Waals surface area contributed by atoms with E-state index in [1.807, 2.05) is 38.1 Å². The van der Waals surface area contributed by atoms with Gasteiger partial charge < -0.3 is 10.3 Å². The van der Waals surface area contributed by atoms with Crippen molar-refractivity contribution in [3.8, 4) is 0 Å². The standard InChI is InChI=1S/C19H21N3O2S2/c1-10(2)13-7-5-6-11(3)16(13)20-15(23)9-25-19-21-17(24)14-8-12(4)26-18(14)22-19/h5-8,10H,9H2,1-4H3,(H,20,23)(H,21,22,24). The first-order valence-electron chi connectivity index (χ1n) is 8.37. The minimum absolute atomic E-state index is 0.115. The van der Waals surface area contributed by atoms with Gasteiger partial charge in [0.25, 0.3) is 5.56 Å². The summed E-state index contributed by atoms with van der Waals surface area (Å²) in [5, 5.41) is 4.08. The molecule has 0 unspecified atom stereocenters. The first kappa shape index (κ1) is 18.7. The van der Waals surface area contributed by atoms with Crippen molar-refractivity contribution >= 4 is 44.9 Å². The average Bonchev–Trinajstić information content (AvgIpc) is 2.95. The van der Waals surface area contributed by atoms with E-state index in [1.54, 1.807) is 0 Å². The van der Waals surface area contributed by atoms with Gasteiger partial charge in [-0.2, -0.15) is 0 Å². The van der Waals surface area contributed by atoms with Gasteiger partial charge in [0.05, 0.1) is 11.1 Å². The first-order chi connectivity index (χ1) is 12.3. The lowest BCUT2D eigenvalue weighted by Gasteiger charge is -2.16. The zero-order chi connectivity index (χ0) is 18.8. The molecule has 7 heteroatoms. The van der Waals surface area contributed by atoms with E-state index in [0.717, 1.165) is 21.7 Å². The summed E-state index contributed by atoms with van der Waals surface area (Å²) < 4.78 is 0. The molecular weight excluding hydrogens is 366 g/mol. The Hall–Kier alpha value is -2.12. The Morgan fingerprint density at radius 3 is 2.85 bits per heavy atom. The number of carbonyl (C=O) groups excluding carboxylic acids is 1. The van der Waals surface area contributed by atoms with Crippen LogP contribution in [0.15, 0.2) is 34.2 Å². The summed E-state index contributed by atoms with van der Waals surface area (Å²) in [6.45, 7) is 8.14. The van der Waals surface area contributed by atoms with Crippen LogP contribution in [0.25, 0.3) is 10.2 Å². The molecule has 0 atom stereocenters. The maximum absolute atomic E-state index is 12.4. The fourth-order valence-electron chi connectivity index (χ4n) is 2.75. The molecule has 0 fully saturated rings. The van der Waals surface area contributed by atoms with Gasteiger partial charge in [-0.3, -0.25) is 9.59 Å². The van der Waals surface area contributed by atoms with Crippen LogP contribution < -0.4 is 10.9 Å². The van der Waals surface area contributed by atoms with Crippen LogP contribution in [0.4, 0.5) is 5.69 Å². The minimum Gasteiger partial charge on any atom is -0.325 e. The topological polar surface area (TPSA) is 74.8 Å². The van der Waals surface area contributed by atoms with E-state index in [2.05, 4.69) is 29.1 Å². The lowest BCUT2D eigenvalue weighted by Crippen LogP contribution is -2.17. The number of fused-ring (bicyclic) bond motifs is 1. The van der Waals surface area contributed by atoms with Crippen LogP contribution in [-0.2, 0) is 4.79 Å². The maximum atomic E-state index is 12.4. The van der Waals surface area contributed by atoms with Gasteiger partial charge in [-0.25, -0.2) is 4.98 Å². The van der Waals surface area contributed by atoms with E-state index < -0.39 is 0 Å². The molecule has 0 aliphatic rings. The summed E-state index contributed by atoms with van der Waals surface area (Å²) in [6.07, 6.45) is 0. The molecule has 0 radical (unpaired) electrons. The number of thioether (sulfide) groups is 1. The van der Waals surface area contributed by atoms with Gasteiger partial charge in [0.1, 0.15) is 4.83 Å². The monoisotopic (exact) mass is 387 g/mol. The quantitative estimate of drug-likeness (QED) is 0.501. The third kappa shape index (κ3) is 3.99. The number of nitrogens with zero attached hydrogens (tertiary/aromatic N) is 1. The normalized spacial score (nSPS) is 11.3. The predicted molar refractivity (Wildman–Crippen MR) is 110 cm³/mol. The molecule has 0 aliphatic carbocycles. The summed E-state index contributed by atoms with van der Waals surface area (Å²) in [4.78, 5) is 33.5. The number of amides is 1. The molecular formula is C19H21N3O2S2. The fraction of sp³-hybridized carbons (Fsp3) is 0.316. The van der Waals surface area contributed by atoms with Gasteiger partial charge in [0.15, 0.2) is 5.16 Å². The second kappa shape index (κ2) is 7.63. The number of thiophene rings is 1. The number of hydrogen-bond acceptors (Lipinski definition) is 5. The molecule has 26 heavy (non-hydrogen) atoms. The number of nitrogens with one attached hydrogen (secondary N) is 2. The van der Waals surface area contributed by atoms with E-state index in [0.29, 0.717) is 21.3 Å². The Labute approximate surface area is 160 Å². The van der Waals surface area contributed by atoms with Crippen molar-refractivity contribution in [2.24, 2.45) is 0 Å². The highest BCUT2D eigenvalue weighted by atomic mass is 32.2. The van der Waals surface area contributed by atoms with E-state index in [4.69, 9.17) is 0 Å². The molecule has 0 saturated carbocycles. The van der Waals surface area contributed by atoms with Crippen LogP contribution in [0.5, 0.6) is 0 Å². The number of anilines is 1. The van der Waals surface area contributed by atoms with Crippen LogP contribution >= 0.6 is 23.1 Å². The Morgan fingerprint density at radius 2 is 2.12 bits per heavy atom. The molecule has 2 heterocycles. The number of benzene rings is 1. The zero-order valence-electron chi connectivity index (χ0n) is 15.2. The number of carbonyl (C=O) groups is 1. The number of H-pyrrole nitrogens is 1. The second-order valence-corrected chi connectivity index (χ2v) is 8.68. The highest BCUT2D eigenvalue weighted by Crippen LogP contribution is 2.28. The number of hydrogen-bond donors (Lipinski definition) is 2. The molecule has 3 aromatic rings. The Kier molecular flexibility index (Phi) is 5.48. The van der Waals surface area contributed by atoms with Gasteiger partial charge in [0.2, 0.25) is 5.91 Å². The largest absolute Gasteiger partial charge is 0.325 e. The minimum atomic E-state index is -0.164. The summed E-state index contributed by atoms with van der Waals surface area (Å²) >= 11 is 2.71. The highest BCUT2D eigenvalue weighted by Gasteiger charge is 2.13. The van der Waals surface area contributed by atoms with Crippen LogP contribution in [0, 0.1) is 13.8 Å². The van der Waals surface area contributed by atoms with E-state index in [-0.39, 0.29) is 17.2 Å². The van der Waals surface area contributed by atoms with E-state index in [9.17, 15) is 9.59 Å². The zero-order valence-corrected chi connectivity index (χ0v) is 16.8. The Bertz CT molecular complexity index is 1020. The lowest BCUT2D eigenvalue weighted by molar-refractivity contribution is -0.113. The first-order valence-corrected chi connectivity index (χ1v) is 10.2. The van der Waals surface area contributed by atoms with Gasteiger partial charge in [-0.15, -0.1) is 11.3 Å². The molecule has 2 N–H and O–H groups in total. The van der Waals surface area contributed by atoms with Crippen molar-refractivity contribution < 1.29 is 4.79 Å². The Balaban J connectivity index is 1.73. The number of aromatic amines is 1. The molecule has 1 aromatic carbocycles. The number of aromatic nitrogens is 2. The number of aryl methyl sites for hydroxylation is 2. The van der Waals surface area contributed by atoms with Crippen LogP contribution in [-0.4, -0.2) is 21.6 Å². The predicted octanol–water partition coefficient (Wildman–Crippen LogP) is 4.46. The van der Waals surface area contributed by atoms with Crippen molar-refractivity contribution in [3.63, 3.8) is 0 Å². The van der Waals surface area contributed by atoms with Crippen molar-refractivity contribution in [1.82, 2.24) is 9.97 Å². The van der Waals surface area contributed by atoms with E-state index in [1.165, 1.54) is 23.1 Å². The van der Waals surface area contributed by atoms with Gasteiger partial charge in [-0.1, -0.05) is 43.8 Å².